The van der Waals surface area contributed by atoms with Crippen molar-refractivity contribution in [1.82, 2.24) is 5.32 Å². The lowest BCUT2D eigenvalue weighted by molar-refractivity contribution is 0.0733. The van der Waals surface area contributed by atoms with Gasteiger partial charge in [-0.05, 0) is 0 Å². The molecule has 0 saturated carbocycles. The molecule has 0 aliphatic heterocycles. The highest BCUT2D eigenvalue weighted by Crippen LogP contribution is 1.73. The first kappa shape index (κ1) is 9.39. The number of rotatable bonds is 7. The van der Waals surface area contributed by atoms with Gasteiger partial charge in [0, 0.05) is 13.7 Å². The number of hydrogen-bond donors (Lipinski definition) is 1. The van der Waals surface area contributed by atoms with Crippen LogP contribution in [-0.2, 0) is 14.3 Å². The molecular formula is C6H12NO3. The number of amides is 1. The molecule has 59 valence electrons. The molecule has 0 aliphatic carbocycles. The van der Waals surface area contributed by atoms with Gasteiger partial charge in [-0.3, -0.25) is 4.79 Å². The SMILES string of the molecule is COCCOCCN[C]=O. The zero-order valence-electron chi connectivity index (χ0n) is 6.05. The van der Waals surface area contributed by atoms with Gasteiger partial charge in [0.05, 0.1) is 19.8 Å². The van der Waals surface area contributed by atoms with E-state index < -0.39 is 0 Å². The molecule has 0 unspecified atom stereocenters. The van der Waals surface area contributed by atoms with E-state index in [0.29, 0.717) is 26.4 Å². The minimum Gasteiger partial charge on any atom is -0.382 e. The lowest BCUT2D eigenvalue weighted by Crippen LogP contribution is -2.18. The van der Waals surface area contributed by atoms with E-state index in [1.807, 2.05) is 0 Å². The van der Waals surface area contributed by atoms with Crippen molar-refractivity contribution in [2.24, 2.45) is 0 Å². The summed E-state index contributed by atoms with van der Waals surface area (Å²) in [7, 11) is 1.61. The molecule has 0 fully saturated rings. The second-order valence-electron chi connectivity index (χ2n) is 1.63. The monoisotopic (exact) mass is 146 g/mol. The van der Waals surface area contributed by atoms with Crippen molar-refractivity contribution in [2.75, 3.05) is 33.5 Å². The van der Waals surface area contributed by atoms with Crippen LogP contribution in [0.4, 0.5) is 0 Å². The number of carbonyl (C=O) groups excluding carboxylic acids is 1. The molecule has 0 atom stereocenters. The van der Waals surface area contributed by atoms with Crippen LogP contribution in [0.25, 0.3) is 0 Å². The third-order valence-corrected chi connectivity index (χ3v) is 0.875. The van der Waals surface area contributed by atoms with Gasteiger partial charge >= 0.3 is 6.41 Å². The summed E-state index contributed by atoms with van der Waals surface area (Å²) < 4.78 is 9.74. The summed E-state index contributed by atoms with van der Waals surface area (Å²) in [5.41, 5.74) is 0. The molecule has 0 aromatic rings. The Balaban J connectivity index is 2.70. The van der Waals surface area contributed by atoms with Crippen molar-refractivity contribution in [3.63, 3.8) is 0 Å². The molecule has 1 N–H and O–H groups in total. The zero-order chi connectivity index (χ0) is 7.66. The van der Waals surface area contributed by atoms with Crippen molar-refractivity contribution >= 4 is 6.41 Å². The number of methoxy groups -OCH3 is 1. The molecule has 4 heteroatoms. The molecule has 4 nitrogen and oxygen atoms in total. The van der Waals surface area contributed by atoms with E-state index in [9.17, 15) is 4.79 Å². The average molecular weight is 146 g/mol. The van der Waals surface area contributed by atoms with Gasteiger partial charge in [0.25, 0.3) is 0 Å². The molecule has 0 aromatic carbocycles. The highest BCUT2D eigenvalue weighted by molar-refractivity contribution is 5.46. The van der Waals surface area contributed by atoms with Crippen LogP contribution in [0.5, 0.6) is 0 Å². The summed E-state index contributed by atoms with van der Waals surface area (Å²) in [6.45, 7) is 2.17. The Morgan fingerprint density at radius 1 is 1.40 bits per heavy atom. The minimum atomic E-state index is 0.507. The predicted octanol–water partition coefficient (Wildman–Crippen LogP) is -0.694. The van der Waals surface area contributed by atoms with Crippen LogP contribution >= 0.6 is 0 Å². The van der Waals surface area contributed by atoms with E-state index in [1.54, 1.807) is 13.5 Å². The summed E-state index contributed by atoms with van der Waals surface area (Å²) in [4.78, 5) is 9.58. The Morgan fingerprint density at radius 3 is 2.80 bits per heavy atom. The fourth-order valence-electron chi connectivity index (χ4n) is 0.419. The molecule has 10 heavy (non-hydrogen) atoms. The first-order valence-electron chi connectivity index (χ1n) is 3.08. The van der Waals surface area contributed by atoms with E-state index in [4.69, 9.17) is 9.47 Å². The van der Waals surface area contributed by atoms with Gasteiger partial charge in [-0.25, -0.2) is 0 Å². The number of nitrogens with one attached hydrogen (secondary N) is 1. The maximum atomic E-state index is 9.58. The maximum absolute atomic E-state index is 9.58. The van der Waals surface area contributed by atoms with Gasteiger partial charge < -0.3 is 14.8 Å². The molecule has 0 aromatic heterocycles. The van der Waals surface area contributed by atoms with Crippen molar-refractivity contribution in [1.29, 1.82) is 0 Å². The van der Waals surface area contributed by atoms with Crippen LogP contribution in [0, 0.1) is 0 Å². The van der Waals surface area contributed by atoms with Gasteiger partial charge in [0.15, 0.2) is 0 Å². The van der Waals surface area contributed by atoms with E-state index in [1.165, 1.54) is 0 Å². The van der Waals surface area contributed by atoms with Crippen molar-refractivity contribution in [2.45, 2.75) is 0 Å². The number of hydrogen-bond acceptors (Lipinski definition) is 3. The maximum Gasteiger partial charge on any atom is 0.309 e. The Kier molecular flexibility index (Phi) is 7.88. The van der Waals surface area contributed by atoms with Crippen molar-refractivity contribution < 1.29 is 14.3 Å². The fourth-order valence-corrected chi connectivity index (χ4v) is 0.419. The molecule has 0 rings (SSSR count). The highest BCUT2D eigenvalue weighted by Gasteiger charge is 1.85. The third kappa shape index (κ3) is 7.39. The summed E-state index contributed by atoms with van der Waals surface area (Å²) in [5, 5.41) is 2.35. The first-order chi connectivity index (χ1) is 4.91. The molecule has 0 heterocycles. The molecule has 0 aliphatic rings. The standard InChI is InChI=1S/C6H12NO3/c1-9-4-5-10-3-2-7-6-8/h2-5H2,1H3,(H,7,8). The quantitative estimate of drug-likeness (QED) is 0.382. The largest absolute Gasteiger partial charge is 0.382 e. The Labute approximate surface area is 60.5 Å². The zero-order valence-corrected chi connectivity index (χ0v) is 6.05. The van der Waals surface area contributed by atoms with Gasteiger partial charge in [-0.15, -0.1) is 0 Å². The normalized spacial score (nSPS) is 9.30. The lowest BCUT2D eigenvalue weighted by Gasteiger charge is -2.00. The van der Waals surface area contributed by atoms with Gasteiger partial charge in [-0.1, -0.05) is 0 Å². The molecule has 0 spiro atoms. The molecule has 1 radical (unpaired) electrons. The van der Waals surface area contributed by atoms with Crippen LogP contribution in [0.3, 0.4) is 0 Å². The molecular weight excluding hydrogens is 134 g/mol. The summed E-state index contributed by atoms with van der Waals surface area (Å²) >= 11 is 0. The van der Waals surface area contributed by atoms with Crippen LogP contribution in [0.2, 0.25) is 0 Å². The van der Waals surface area contributed by atoms with Gasteiger partial charge in [0.2, 0.25) is 0 Å². The Hall–Kier alpha value is -0.610. The second-order valence-corrected chi connectivity index (χ2v) is 1.63. The Morgan fingerprint density at radius 2 is 2.20 bits per heavy atom. The van der Waals surface area contributed by atoms with Gasteiger partial charge in [0.1, 0.15) is 0 Å². The molecule has 0 bridgehead atoms. The average Bonchev–Trinajstić information content (AvgIpc) is 1.97. The van der Waals surface area contributed by atoms with Crippen molar-refractivity contribution in [3.05, 3.63) is 0 Å². The van der Waals surface area contributed by atoms with Gasteiger partial charge in [-0.2, -0.15) is 0 Å². The third-order valence-electron chi connectivity index (χ3n) is 0.875. The summed E-state index contributed by atoms with van der Waals surface area (Å²) in [5.74, 6) is 0. The van der Waals surface area contributed by atoms with Crippen LogP contribution < -0.4 is 5.32 Å². The van der Waals surface area contributed by atoms with E-state index in [0.717, 1.165) is 0 Å². The lowest BCUT2D eigenvalue weighted by atomic mass is 10.7. The van der Waals surface area contributed by atoms with Crippen LogP contribution in [0.15, 0.2) is 0 Å². The highest BCUT2D eigenvalue weighted by atomic mass is 16.5. The second kappa shape index (κ2) is 8.39. The Bertz CT molecular complexity index is 77.4. The predicted molar refractivity (Wildman–Crippen MR) is 36.4 cm³/mol. The summed E-state index contributed by atoms with van der Waals surface area (Å²) in [6.07, 6.45) is 1.55. The minimum absolute atomic E-state index is 0.507. The van der Waals surface area contributed by atoms with E-state index >= 15 is 0 Å². The first-order valence-corrected chi connectivity index (χ1v) is 3.08. The van der Waals surface area contributed by atoms with Crippen LogP contribution in [-0.4, -0.2) is 39.9 Å². The van der Waals surface area contributed by atoms with E-state index in [2.05, 4.69) is 5.32 Å². The smallest absolute Gasteiger partial charge is 0.309 e. The fraction of sp³-hybridized carbons (Fsp3) is 0.833. The van der Waals surface area contributed by atoms with Crippen LogP contribution in [0.1, 0.15) is 0 Å². The number of ether oxygens (including phenoxy) is 2. The van der Waals surface area contributed by atoms with Crippen molar-refractivity contribution in [3.8, 4) is 0 Å². The topological polar surface area (TPSA) is 47.6 Å². The van der Waals surface area contributed by atoms with E-state index in [-0.39, 0.29) is 0 Å². The summed E-state index contributed by atoms with van der Waals surface area (Å²) in [6, 6.07) is 0. The molecule has 1 amide bonds. The molecule has 0 saturated heterocycles.